The summed E-state index contributed by atoms with van der Waals surface area (Å²) in [6.07, 6.45) is 0. The van der Waals surface area contributed by atoms with Crippen LogP contribution in [0.15, 0.2) is 48.5 Å². The van der Waals surface area contributed by atoms with E-state index in [4.69, 9.17) is 9.47 Å². The summed E-state index contributed by atoms with van der Waals surface area (Å²) in [5.41, 5.74) is 1.57. The zero-order valence-corrected chi connectivity index (χ0v) is 15.8. The van der Waals surface area contributed by atoms with Gasteiger partial charge in [0.05, 0.1) is 12.1 Å². The van der Waals surface area contributed by atoms with Crippen LogP contribution < -0.4 is 10.1 Å². The van der Waals surface area contributed by atoms with Gasteiger partial charge in [-0.25, -0.2) is 4.79 Å². The molecule has 6 nitrogen and oxygen atoms in total. The Morgan fingerprint density at radius 2 is 1.63 bits per heavy atom. The molecule has 0 atom stereocenters. The number of nitrogens with one attached hydrogen (secondary N) is 1. The van der Waals surface area contributed by atoms with E-state index in [1.54, 1.807) is 0 Å². The van der Waals surface area contributed by atoms with Crippen molar-refractivity contribution in [1.29, 1.82) is 0 Å². The van der Waals surface area contributed by atoms with E-state index in [2.05, 4.69) is 26.1 Å². The Morgan fingerprint density at radius 1 is 1.00 bits per heavy atom. The van der Waals surface area contributed by atoms with E-state index in [1.165, 1.54) is 29.8 Å². The highest BCUT2D eigenvalue weighted by Crippen LogP contribution is 2.24. The number of hydrogen-bond donors (Lipinski definition) is 2. The first-order valence-electron chi connectivity index (χ1n) is 8.72. The average molecular weight is 371 g/mol. The second kappa shape index (κ2) is 9.07. The molecule has 1 amide bonds. The van der Waals surface area contributed by atoms with E-state index in [9.17, 15) is 14.7 Å². The lowest BCUT2D eigenvalue weighted by Crippen LogP contribution is -2.32. The quantitative estimate of drug-likeness (QED) is 0.577. The number of benzene rings is 2. The first-order valence-corrected chi connectivity index (χ1v) is 8.72. The molecule has 0 heterocycles. The number of carbonyl (C=O) groups excluding carboxylic acids is 2. The minimum absolute atomic E-state index is 0.0531. The predicted octanol–water partition coefficient (Wildman–Crippen LogP) is 3.04. The number of aromatic hydroxyl groups is 1. The third-order valence-electron chi connectivity index (χ3n) is 3.85. The van der Waals surface area contributed by atoms with Crippen LogP contribution >= 0.6 is 0 Å². The third-order valence-corrected chi connectivity index (χ3v) is 3.85. The monoisotopic (exact) mass is 371 g/mol. The first kappa shape index (κ1) is 20.3. The molecule has 0 aliphatic heterocycles. The van der Waals surface area contributed by atoms with Crippen LogP contribution in [-0.4, -0.2) is 36.7 Å². The Bertz CT molecular complexity index is 761. The van der Waals surface area contributed by atoms with Crippen molar-refractivity contribution in [1.82, 2.24) is 5.32 Å². The van der Waals surface area contributed by atoms with Gasteiger partial charge in [-0.15, -0.1) is 0 Å². The van der Waals surface area contributed by atoms with Crippen LogP contribution in [0, 0.1) is 0 Å². The van der Waals surface area contributed by atoms with Gasteiger partial charge in [-0.1, -0.05) is 32.9 Å². The van der Waals surface area contributed by atoms with E-state index < -0.39 is 11.9 Å². The van der Waals surface area contributed by atoms with Crippen molar-refractivity contribution in [3.05, 3.63) is 59.7 Å². The van der Waals surface area contributed by atoms with Crippen LogP contribution in [0.2, 0.25) is 0 Å². The Balaban J connectivity index is 1.66. The number of amides is 1. The standard InChI is InChI=1S/C21H25NO5/c1-21(2,3)16-6-10-18(11-7-16)26-13-12-22-19(24)14-27-20(25)15-4-8-17(23)9-5-15/h4-11,23H,12-14H2,1-3H3,(H,22,24). The van der Waals surface area contributed by atoms with E-state index in [0.29, 0.717) is 13.2 Å². The minimum atomic E-state index is -0.625. The van der Waals surface area contributed by atoms with Crippen LogP contribution in [0.3, 0.4) is 0 Å². The Hall–Kier alpha value is -3.02. The average Bonchev–Trinajstić information content (AvgIpc) is 2.63. The number of phenols is 1. The summed E-state index contributed by atoms with van der Waals surface area (Å²) >= 11 is 0. The molecule has 0 unspecified atom stereocenters. The maximum Gasteiger partial charge on any atom is 0.338 e. The molecule has 2 aromatic carbocycles. The Morgan fingerprint density at radius 3 is 2.22 bits per heavy atom. The van der Waals surface area contributed by atoms with E-state index >= 15 is 0 Å². The summed E-state index contributed by atoms with van der Waals surface area (Å²) in [5.74, 6) is -0.248. The van der Waals surface area contributed by atoms with Gasteiger partial charge in [-0.2, -0.15) is 0 Å². The molecule has 2 rings (SSSR count). The van der Waals surface area contributed by atoms with Crippen molar-refractivity contribution in [3.63, 3.8) is 0 Å². The Labute approximate surface area is 159 Å². The van der Waals surface area contributed by atoms with Crippen molar-refractivity contribution in [2.45, 2.75) is 26.2 Å². The largest absolute Gasteiger partial charge is 0.508 e. The highest BCUT2D eigenvalue weighted by molar-refractivity contribution is 5.91. The summed E-state index contributed by atoms with van der Waals surface area (Å²) in [6, 6.07) is 13.5. The number of phenolic OH excluding ortho intramolecular Hbond substituents is 1. The smallest absolute Gasteiger partial charge is 0.338 e. The van der Waals surface area contributed by atoms with Gasteiger partial charge in [0.15, 0.2) is 6.61 Å². The van der Waals surface area contributed by atoms with E-state index in [1.807, 2.05) is 24.3 Å². The van der Waals surface area contributed by atoms with Crippen LogP contribution in [0.1, 0.15) is 36.7 Å². The van der Waals surface area contributed by atoms with Crippen molar-refractivity contribution >= 4 is 11.9 Å². The van der Waals surface area contributed by atoms with Gasteiger partial charge in [-0.3, -0.25) is 4.79 Å². The maximum absolute atomic E-state index is 11.8. The molecule has 0 saturated heterocycles. The highest BCUT2D eigenvalue weighted by atomic mass is 16.5. The van der Waals surface area contributed by atoms with E-state index in [-0.39, 0.29) is 23.3 Å². The van der Waals surface area contributed by atoms with Crippen molar-refractivity contribution in [2.75, 3.05) is 19.8 Å². The van der Waals surface area contributed by atoms with Crippen LogP contribution in [0.5, 0.6) is 11.5 Å². The lowest BCUT2D eigenvalue weighted by Gasteiger charge is -2.19. The molecule has 0 aromatic heterocycles. The number of carbonyl (C=O) groups is 2. The molecule has 0 radical (unpaired) electrons. The molecule has 144 valence electrons. The number of hydrogen-bond acceptors (Lipinski definition) is 5. The van der Waals surface area contributed by atoms with Gasteiger partial charge in [0, 0.05) is 0 Å². The minimum Gasteiger partial charge on any atom is -0.508 e. The maximum atomic E-state index is 11.8. The molecule has 0 aliphatic rings. The molecule has 0 spiro atoms. The molecular weight excluding hydrogens is 346 g/mol. The SMILES string of the molecule is CC(C)(C)c1ccc(OCCNC(=O)COC(=O)c2ccc(O)cc2)cc1. The van der Waals surface area contributed by atoms with E-state index in [0.717, 1.165) is 5.75 Å². The first-order chi connectivity index (χ1) is 12.8. The molecule has 27 heavy (non-hydrogen) atoms. The van der Waals surface area contributed by atoms with Gasteiger partial charge >= 0.3 is 5.97 Å². The summed E-state index contributed by atoms with van der Waals surface area (Å²) in [4.78, 5) is 23.5. The van der Waals surface area contributed by atoms with Crippen LogP contribution in [-0.2, 0) is 14.9 Å². The number of ether oxygens (including phenoxy) is 2. The zero-order chi connectivity index (χ0) is 19.9. The third kappa shape index (κ3) is 6.66. The van der Waals surface area contributed by atoms with Crippen molar-refractivity contribution in [3.8, 4) is 11.5 Å². The zero-order valence-electron chi connectivity index (χ0n) is 15.8. The van der Waals surface area contributed by atoms with Crippen LogP contribution in [0.4, 0.5) is 0 Å². The number of rotatable bonds is 7. The molecule has 6 heteroatoms. The summed E-state index contributed by atoms with van der Waals surface area (Å²) in [7, 11) is 0. The van der Waals surface area contributed by atoms with Gasteiger partial charge in [0.1, 0.15) is 18.1 Å². The second-order valence-corrected chi connectivity index (χ2v) is 7.10. The molecule has 2 N–H and O–H groups in total. The molecule has 2 aromatic rings. The Kier molecular flexibility index (Phi) is 6.82. The van der Waals surface area contributed by atoms with Gasteiger partial charge in [-0.05, 0) is 47.4 Å². The molecule has 0 aliphatic carbocycles. The summed E-state index contributed by atoms with van der Waals surface area (Å²) < 4.78 is 10.5. The molecular formula is C21H25NO5. The molecule has 0 saturated carbocycles. The predicted molar refractivity (Wildman–Crippen MR) is 102 cm³/mol. The topological polar surface area (TPSA) is 84.9 Å². The molecule has 0 fully saturated rings. The fraction of sp³-hybridized carbons (Fsp3) is 0.333. The fourth-order valence-corrected chi connectivity index (χ4v) is 2.27. The number of esters is 1. The molecule has 0 bridgehead atoms. The second-order valence-electron chi connectivity index (χ2n) is 7.10. The van der Waals surface area contributed by atoms with Gasteiger partial charge < -0.3 is 19.9 Å². The summed E-state index contributed by atoms with van der Waals surface area (Å²) in [6.45, 7) is 6.68. The van der Waals surface area contributed by atoms with Crippen molar-refractivity contribution < 1.29 is 24.2 Å². The lowest BCUT2D eigenvalue weighted by molar-refractivity contribution is -0.124. The van der Waals surface area contributed by atoms with Crippen LogP contribution in [0.25, 0.3) is 0 Å². The normalized spacial score (nSPS) is 10.9. The van der Waals surface area contributed by atoms with Gasteiger partial charge in [0.25, 0.3) is 5.91 Å². The fourth-order valence-electron chi connectivity index (χ4n) is 2.27. The van der Waals surface area contributed by atoms with Crippen molar-refractivity contribution in [2.24, 2.45) is 0 Å². The summed E-state index contributed by atoms with van der Waals surface area (Å²) in [5, 5.41) is 11.8. The highest BCUT2D eigenvalue weighted by Gasteiger charge is 2.13. The van der Waals surface area contributed by atoms with Gasteiger partial charge in [0.2, 0.25) is 0 Å². The lowest BCUT2D eigenvalue weighted by atomic mass is 9.87.